The Morgan fingerprint density at radius 2 is 2.00 bits per heavy atom. The molecule has 6 nitrogen and oxygen atoms in total. The molecule has 0 aromatic heterocycles. The number of carbonyl (C=O) groups excluding carboxylic acids is 1. The third-order valence-corrected chi connectivity index (χ3v) is 3.32. The number of benzene rings is 2. The largest absolute Gasteiger partial charge is 0.453 e. The summed E-state index contributed by atoms with van der Waals surface area (Å²) in [6, 6.07) is 5.65. The summed E-state index contributed by atoms with van der Waals surface area (Å²) in [5.41, 5.74) is -0.451. The minimum atomic E-state index is -0.816. The molecule has 130 valence electrons. The molecule has 0 saturated heterocycles. The van der Waals surface area contributed by atoms with Crippen LogP contribution in [0.3, 0.4) is 0 Å². The van der Waals surface area contributed by atoms with Gasteiger partial charge in [0.1, 0.15) is 5.75 Å². The van der Waals surface area contributed by atoms with Crippen molar-refractivity contribution in [2.45, 2.75) is 6.92 Å². The lowest BCUT2D eigenvalue weighted by Crippen LogP contribution is -2.06. The van der Waals surface area contributed by atoms with Crippen LogP contribution in [0.2, 0.25) is 10.0 Å². The van der Waals surface area contributed by atoms with E-state index in [0.717, 1.165) is 24.3 Å². The normalized spacial score (nSPS) is 10.7. The third-order valence-electron chi connectivity index (χ3n) is 2.82. The predicted octanol–water partition coefficient (Wildman–Crippen LogP) is 5.31. The van der Waals surface area contributed by atoms with Gasteiger partial charge in [0.2, 0.25) is 5.75 Å². The second kappa shape index (κ2) is 7.96. The number of carbonyl (C=O) groups is 1. The van der Waals surface area contributed by atoms with E-state index in [1.54, 1.807) is 6.92 Å². The summed E-state index contributed by atoms with van der Waals surface area (Å²) in [5.74, 6) is -2.31. The molecule has 0 bridgehead atoms. The monoisotopic (exact) mass is 385 g/mol. The van der Waals surface area contributed by atoms with Crippen LogP contribution >= 0.6 is 23.2 Å². The predicted molar refractivity (Wildman–Crippen MR) is 90.0 cm³/mol. The first-order chi connectivity index (χ1) is 11.8. The Morgan fingerprint density at radius 3 is 2.60 bits per heavy atom. The van der Waals surface area contributed by atoms with E-state index in [0.29, 0.717) is 0 Å². The molecule has 0 aliphatic rings. The third kappa shape index (κ3) is 4.68. The molecule has 0 unspecified atom stereocenters. The SMILES string of the molecule is CC=CC(=O)Oc1cc(Oc2c(F)cc(Cl)cc2Cl)ccc1[N+](=O)[O-]. The zero-order valence-corrected chi connectivity index (χ0v) is 14.2. The number of allylic oxidation sites excluding steroid dienone is 1. The number of hydrogen-bond donors (Lipinski definition) is 0. The van der Waals surface area contributed by atoms with Crippen LogP contribution in [-0.4, -0.2) is 10.9 Å². The van der Waals surface area contributed by atoms with E-state index in [1.165, 1.54) is 18.2 Å². The molecule has 0 spiro atoms. The van der Waals surface area contributed by atoms with E-state index in [-0.39, 0.29) is 27.3 Å². The smallest absolute Gasteiger partial charge is 0.336 e. The number of halogens is 3. The molecule has 2 aromatic rings. The van der Waals surface area contributed by atoms with E-state index in [2.05, 4.69) is 0 Å². The number of nitrogens with zero attached hydrogens (tertiary/aromatic N) is 1. The van der Waals surface area contributed by atoms with Gasteiger partial charge >= 0.3 is 11.7 Å². The number of rotatable bonds is 5. The summed E-state index contributed by atoms with van der Waals surface area (Å²) < 4.78 is 24.1. The first-order valence-electron chi connectivity index (χ1n) is 6.77. The average Bonchev–Trinajstić information content (AvgIpc) is 2.51. The molecule has 0 heterocycles. The number of nitro benzene ring substituents is 1. The highest BCUT2D eigenvalue weighted by molar-refractivity contribution is 6.35. The molecule has 25 heavy (non-hydrogen) atoms. The first-order valence-corrected chi connectivity index (χ1v) is 7.52. The van der Waals surface area contributed by atoms with Crippen LogP contribution in [0.1, 0.15) is 6.92 Å². The maximum absolute atomic E-state index is 13.9. The summed E-state index contributed by atoms with van der Waals surface area (Å²) in [6.07, 6.45) is 2.50. The van der Waals surface area contributed by atoms with Gasteiger partial charge in [0.05, 0.1) is 9.95 Å². The second-order valence-electron chi connectivity index (χ2n) is 4.61. The number of nitro groups is 1. The summed E-state index contributed by atoms with van der Waals surface area (Å²) in [5, 5.41) is 11.0. The Labute approximate surface area is 151 Å². The first kappa shape index (κ1) is 18.7. The molecule has 0 fully saturated rings. The van der Waals surface area contributed by atoms with Crippen molar-refractivity contribution in [1.82, 2.24) is 0 Å². The van der Waals surface area contributed by atoms with Gasteiger partial charge in [0, 0.05) is 23.2 Å². The van der Waals surface area contributed by atoms with Gasteiger partial charge in [-0.3, -0.25) is 10.1 Å². The number of ether oxygens (including phenoxy) is 2. The average molecular weight is 386 g/mol. The van der Waals surface area contributed by atoms with E-state index < -0.39 is 22.4 Å². The maximum atomic E-state index is 13.9. The molecule has 2 rings (SSSR count). The molecule has 0 aliphatic carbocycles. The van der Waals surface area contributed by atoms with Gasteiger partial charge in [0.25, 0.3) is 0 Å². The number of esters is 1. The van der Waals surface area contributed by atoms with Crippen LogP contribution in [0.4, 0.5) is 10.1 Å². The topological polar surface area (TPSA) is 78.7 Å². The van der Waals surface area contributed by atoms with Crippen LogP contribution < -0.4 is 9.47 Å². The fourth-order valence-electron chi connectivity index (χ4n) is 1.81. The molecule has 2 aromatic carbocycles. The molecule has 0 aliphatic heterocycles. The Balaban J connectivity index is 2.40. The van der Waals surface area contributed by atoms with Crippen molar-refractivity contribution in [3.05, 3.63) is 68.5 Å². The van der Waals surface area contributed by atoms with Crippen LogP contribution in [0.25, 0.3) is 0 Å². The van der Waals surface area contributed by atoms with Crippen LogP contribution in [0.15, 0.2) is 42.5 Å². The van der Waals surface area contributed by atoms with Crippen LogP contribution in [-0.2, 0) is 4.79 Å². The Bertz CT molecular complexity index is 847. The highest BCUT2D eigenvalue weighted by atomic mass is 35.5. The minimum Gasteiger partial charge on any atom is -0.453 e. The van der Waals surface area contributed by atoms with E-state index in [4.69, 9.17) is 32.7 Å². The van der Waals surface area contributed by atoms with Crippen LogP contribution in [0.5, 0.6) is 17.2 Å². The molecular weight excluding hydrogens is 376 g/mol. The van der Waals surface area contributed by atoms with Crippen molar-refractivity contribution < 1.29 is 23.6 Å². The van der Waals surface area contributed by atoms with Gasteiger partial charge in [-0.1, -0.05) is 29.3 Å². The Hall–Kier alpha value is -2.64. The van der Waals surface area contributed by atoms with E-state index in [1.807, 2.05) is 0 Å². The van der Waals surface area contributed by atoms with Gasteiger partial charge < -0.3 is 9.47 Å². The lowest BCUT2D eigenvalue weighted by atomic mass is 10.2. The molecule has 0 saturated carbocycles. The van der Waals surface area contributed by atoms with Crippen molar-refractivity contribution in [3.8, 4) is 17.2 Å². The van der Waals surface area contributed by atoms with Crippen molar-refractivity contribution in [3.63, 3.8) is 0 Å². The Morgan fingerprint density at radius 1 is 1.28 bits per heavy atom. The fraction of sp³-hybridized carbons (Fsp3) is 0.0625. The van der Waals surface area contributed by atoms with Gasteiger partial charge in [-0.05, 0) is 25.1 Å². The van der Waals surface area contributed by atoms with Crippen molar-refractivity contribution in [1.29, 1.82) is 0 Å². The molecule has 0 radical (unpaired) electrons. The molecule has 0 atom stereocenters. The van der Waals surface area contributed by atoms with Gasteiger partial charge in [-0.25, -0.2) is 9.18 Å². The summed E-state index contributed by atoms with van der Waals surface area (Å²) >= 11 is 11.6. The van der Waals surface area contributed by atoms with Crippen molar-refractivity contribution in [2.24, 2.45) is 0 Å². The zero-order valence-electron chi connectivity index (χ0n) is 12.7. The summed E-state index contributed by atoms with van der Waals surface area (Å²) in [6.45, 7) is 1.58. The molecule has 0 N–H and O–H groups in total. The number of hydrogen-bond acceptors (Lipinski definition) is 5. The quantitative estimate of drug-likeness (QED) is 0.229. The van der Waals surface area contributed by atoms with Crippen molar-refractivity contribution >= 4 is 34.9 Å². The van der Waals surface area contributed by atoms with Gasteiger partial charge in [-0.15, -0.1) is 0 Å². The minimum absolute atomic E-state index is 0.0167. The van der Waals surface area contributed by atoms with Gasteiger partial charge in [-0.2, -0.15) is 0 Å². The lowest BCUT2D eigenvalue weighted by molar-refractivity contribution is -0.385. The second-order valence-corrected chi connectivity index (χ2v) is 5.45. The van der Waals surface area contributed by atoms with E-state index in [9.17, 15) is 19.3 Å². The summed E-state index contributed by atoms with van der Waals surface area (Å²) in [4.78, 5) is 21.8. The molecule has 0 amide bonds. The van der Waals surface area contributed by atoms with E-state index >= 15 is 0 Å². The maximum Gasteiger partial charge on any atom is 0.336 e. The fourth-order valence-corrected chi connectivity index (χ4v) is 2.32. The summed E-state index contributed by atoms with van der Waals surface area (Å²) in [7, 11) is 0. The van der Waals surface area contributed by atoms with Gasteiger partial charge in [0.15, 0.2) is 11.6 Å². The molecular formula is C16H10Cl2FNO5. The highest BCUT2D eigenvalue weighted by Gasteiger charge is 2.20. The Kier molecular flexibility index (Phi) is 5.95. The van der Waals surface area contributed by atoms with Crippen LogP contribution in [0, 0.1) is 15.9 Å². The zero-order chi connectivity index (χ0) is 18.6. The molecule has 9 heteroatoms. The van der Waals surface area contributed by atoms with Crippen molar-refractivity contribution in [2.75, 3.05) is 0 Å². The standard InChI is InChI=1S/C16H10Cl2FNO5/c1-2-3-15(21)25-14-8-10(4-5-13(14)20(22)23)24-16-11(18)6-9(17)7-12(16)19/h2-8H,1H3. The highest BCUT2D eigenvalue weighted by Crippen LogP contribution is 2.38. The lowest BCUT2D eigenvalue weighted by Gasteiger charge is -2.10.